The standard InChI is InChI=1S/C18H21N3O4/c1-3-4-10-21-15-14(8-5-9-19-15)25-18(2,17(21)23)16(22)20-12-13-7-6-11-24-13/h5-9,11H,3-4,10,12H2,1-2H3,(H,20,22)/t18-/m1/s1. The maximum Gasteiger partial charge on any atom is 0.282 e. The van der Waals surface area contributed by atoms with Gasteiger partial charge in [0.2, 0.25) is 0 Å². The maximum absolute atomic E-state index is 13.0. The van der Waals surface area contributed by atoms with Crippen molar-refractivity contribution in [3.8, 4) is 5.75 Å². The molecule has 0 bridgehead atoms. The van der Waals surface area contributed by atoms with Crippen LogP contribution >= 0.6 is 0 Å². The molecule has 2 aromatic heterocycles. The maximum atomic E-state index is 13.0. The molecule has 0 radical (unpaired) electrons. The minimum atomic E-state index is -1.64. The number of anilines is 1. The van der Waals surface area contributed by atoms with E-state index >= 15 is 0 Å². The normalized spacial score (nSPS) is 19.3. The van der Waals surface area contributed by atoms with E-state index in [2.05, 4.69) is 10.3 Å². The van der Waals surface area contributed by atoms with E-state index in [-0.39, 0.29) is 6.54 Å². The zero-order valence-electron chi connectivity index (χ0n) is 14.3. The molecule has 0 fully saturated rings. The van der Waals surface area contributed by atoms with Crippen molar-refractivity contribution >= 4 is 17.6 Å². The van der Waals surface area contributed by atoms with Crippen LogP contribution in [0.5, 0.6) is 5.75 Å². The number of furan rings is 1. The second-order valence-corrected chi connectivity index (χ2v) is 6.03. The molecular weight excluding hydrogens is 322 g/mol. The summed E-state index contributed by atoms with van der Waals surface area (Å²) in [7, 11) is 0. The molecule has 0 aromatic carbocycles. The third-order valence-electron chi connectivity index (χ3n) is 4.15. The third-order valence-corrected chi connectivity index (χ3v) is 4.15. The first-order valence-corrected chi connectivity index (χ1v) is 8.33. The third kappa shape index (κ3) is 3.22. The Morgan fingerprint density at radius 2 is 2.20 bits per heavy atom. The highest BCUT2D eigenvalue weighted by Crippen LogP contribution is 2.36. The first-order chi connectivity index (χ1) is 12.1. The Kier molecular flexibility index (Phi) is 4.74. The van der Waals surface area contributed by atoms with Crippen LogP contribution in [0.3, 0.4) is 0 Å². The summed E-state index contributed by atoms with van der Waals surface area (Å²) in [6, 6.07) is 6.92. The number of ether oxygens (including phenoxy) is 1. The zero-order valence-corrected chi connectivity index (χ0v) is 14.3. The van der Waals surface area contributed by atoms with Crippen LogP contribution in [0.1, 0.15) is 32.4 Å². The van der Waals surface area contributed by atoms with E-state index in [1.54, 1.807) is 30.5 Å². The van der Waals surface area contributed by atoms with Gasteiger partial charge in [-0.05, 0) is 37.6 Å². The molecule has 0 saturated heterocycles. The lowest BCUT2D eigenvalue weighted by Gasteiger charge is -2.38. The van der Waals surface area contributed by atoms with Gasteiger partial charge in [-0.25, -0.2) is 4.98 Å². The topological polar surface area (TPSA) is 84.7 Å². The van der Waals surface area contributed by atoms with Crippen LogP contribution in [-0.2, 0) is 16.1 Å². The van der Waals surface area contributed by atoms with Crippen LogP contribution in [0.2, 0.25) is 0 Å². The number of aromatic nitrogens is 1. The number of hydrogen-bond acceptors (Lipinski definition) is 5. The summed E-state index contributed by atoms with van der Waals surface area (Å²) in [5, 5.41) is 2.71. The van der Waals surface area contributed by atoms with Gasteiger partial charge >= 0.3 is 0 Å². The molecule has 7 heteroatoms. The minimum Gasteiger partial charge on any atom is -0.467 e. The molecule has 7 nitrogen and oxygen atoms in total. The van der Waals surface area contributed by atoms with E-state index in [4.69, 9.17) is 9.15 Å². The molecular formula is C18H21N3O4. The Hall–Kier alpha value is -2.83. The summed E-state index contributed by atoms with van der Waals surface area (Å²) in [4.78, 5) is 31.5. The van der Waals surface area contributed by atoms with E-state index in [0.29, 0.717) is 23.9 Å². The van der Waals surface area contributed by atoms with Gasteiger partial charge in [-0.15, -0.1) is 0 Å². The van der Waals surface area contributed by atoms with E-state index in [1.807, 2.05) is 6.92 Å². The molecule has 3 rings (SSSR count). The Balaban J connectivity index is 1.84. The highest BCUT2D eigenvalue weighted by molar-refractivity contribution is 6.16. The van der Waals surface area contributed by atoms with Crippen molar-refractivity contribution in [3.63, 3.8) is 0 Å². The van der Waals surface area contributed by atoms with E-state index < -0.39 is 17.4 Å². The van der Waals surface area contributed by atoms with Crippen molar-refractivity contribution in [2.75, 3.05) is 11.4 Å². The monoisotopic (exact) mass is 343 g/mol. The van der Waals surface area contributed by atoms with E-state index in [9.17, 15) is 9.59 Å². The van der Waals surface area contributed by atoms with Crippen LogP contribution < -0.4 is 15.0 Å². The number of rotatable bonds is 6. The lowest BCUT2D eigenvalue weighted by atomic mass is 10.0. The molecule has 25 heavy (non-hydrogen) atoms. The fourth-order valence-electron chi connectivity index (χ4n) is 2.70. The predicted molar refractivity (Wildman–Crippen MR) is 91.1 cm³/mol. The molecule has 2 aromatic rings. The van der Waals surface area contributed by atoms with Crippen molar-refractivity contribution < 1.29 is 18.7 Å². The SMILES string of the molecule is CCCCN1C(=O)[C@@](C)(C(=O)NCc2ccco2)Oc2cccnc21. The second-order valence-electron chi connectivity index (χ2n) is 6.03. The van der Waals surface area contributed by atoms with Crippen LogP contribution in [0, 0.1) is 0 Å². The molecule has 132 valence electrons. The van der Waals surface area contributed by atoms with Crippen molar-refractivity contribution in [3.05, 3.63) is 42.5 Å². The second kappa shape index (κ2) is 6.96. The van der Waals surface area contributed by atoms with Gasteiger partial charge < -0.3 is 14.5 Å². The molecule has 1 N–H and O–H groups in total. The number of nitrogens with one attached hydrogen (secondary N) is 1. The minimum absolute atomic E-state index is 0.187. The Labute approximate surface area is 146 Å². The molecule has 0 spiro atoms. The highest BCUT2D eigenvalue weighted by atomic mass is 16.5. The number of hydrogen-bond donors (Lipinski definition) is 1. The van der Waals surface area contributed by atoms with Gasteiger partial charge in [0.05, 0.1) is 12.8 Å². The largest absolute Gasteiger partial charge is 0.467 e. The summed E-state index contributed by atoms with van der Waals surface area (Å²) in [6.07, 6.45) is 4.87. The van der Waals surface area contributed by atoms with Gasteiger partial charge in [0, 0.05) is 12.7 Å². The summed E-state index contributed by atoms with van der Waals surface area (Å²) in [5.74, 6) is 0.560. The van der Waals surface area contributed by atoms with Crippen LogP contribution in [0.25, 0.3) is 0 Å². The molecule has 0 unspecified atom stereocenters. The van der Waals surface area contributed by atoms with Gasteiger partial charge in [0.25, 0.3) is 17.4 Å². The zero-order chi connectivity index (χ0) is 17.9. The fraction of sp³-hybridized carbons (Fsp3) is 0.389. The van der Waals surface area contributed by atoms with Gasteiger partial charge in [-0.2, -0.15) is 0 Å². The highest BCUT2D eigenvalue weighted by Gasteiger charge is 2.51. The van der Waals surface area contributed by atoms with Gasteiger partial charge in [-0.1, -0.05) is 13.3 Å². The molecule has 0 aliphatic carbocycles. The molecule has 1 aliphatic heterocycles. The number of fused-ring (bicyclic) bond motifs is 1. The summed E-state index contributed by atoms with van der Waals surface area (Å²) in [6.45, 7) is 4.21. The van der Waals surface area contributed by atoms with Crippen molar-refractivity contribution in [1.29, 1.82) is 0 Å². The average Bonchev–Trinajstić information content (AvgIpc) is 3.13. The molecule has 0 saturated carbocycles. The lowest BCUT2D eigenvalue weighted by molar-refractivity contribution is -0.148. The van der Waals surface area contributed by atoms with Gasteiger partial charge in [0.15, 0.2) is 11.6 Å². The number of carbonyl (C=O) groups excluding carboxylic acids is 2. The average molecular weight is 343 g/mol. The quantitative estimate of drug-likeness (QED) is 0.814. The fourth-order valence-corrected chi connectivity index (χ4v) is 2.70. The van der Waals surface area contributed by atoms with E-state index in [1.165, 1.54) is 18.1 Å². The van der Waals surface area contributed by atoms with Gasteiger partial charge in [-0.3, -0.25) is 14.5 Å². The van der Waals surface area contributed by atoms with E-state index in [0.717, 1.165) is 12.8 Å². The number of unbranched alkanes of at least 4 members (excludes halogenated alkanes) is 1. The smallest absolute Gasteiger partial charge is 0.282 e. The van der Waals surface area contributed by atoms with Crippen LogP contribution in [0.15, 0.2) is 41.1 Å². The van der Waals surface area contributed by atoms with Gasteiger partial charge in [0.1, 0.15) is 5.76 Å². The number of amides is 2. The summed E-state index contributed by atoms with van der Waals surface area (Å²) in [5.41, 5.74) is -1.64. The Morgan fingerprint density at radius 1 is 1.36 bits per heavy atom. The Bertz CT molecular complexity index is 759. The summed E-state index contributed by atoms with van der Waals surface area (Å²) < 4.78 is 11.0. The number of pyridine rings is 1. The van der Waals surface area contributed by atoms with Crippen molar-refractivity contribution in [1.82, 2.24) is 10.3 Å². The molecule has 2 amide bonds. The van der Waals surface area contributed by atoms with Crippen LogP contribution in [0.4, 0.5) is 5.82 Å². The molecule has 3 heterocycles. The van der Waals surface area contributed by atoms with Crippen molar-refractivity contribution in [2.24, 2.45) is 0 Å². The number of carbonyl (C=O) groups is 2. The first-order valence-electron chi connectivity index (χ1n) is 8.33. The number of nitrogens with zero attached hydrogens (tertiary/aromatic N) is 2. The summed E-state index contributed by atoms with van der Waals surface area (Å²) >= 11 is 0. The van der Waals surface area contributed by atoms with Crippen LogP contribution in [-0.4, -0.2) is 28.9 Å². The van der Waals surface area contributed by atoms with Crippen molar-refractivity contribution in [2.45, 2.75) is 38.8 Å². The molecule has 1 aliphatic rings. The predicted octanol–water partition coefficient (Wildman–Crippen LogP) is 2.28. The first kappa shape index (κ1) is 17.0. The Morgan fingerprint density at radius 3 is 2.92 bits per heavy atom. The lowest BCUT2D eigenvalue weighted by Crippen LogP contribution is -2.62. The molecule has 1 atom stereocenters.